The van der Waals surface area contributed by atoms with E-state index >= 15 is 0 Å². The lowest BCUT2D eigenvalue weighted by molar-refractivity contribution is 0.0368. The molecule has 2 aliphatic rings. The first kappa shape index (κ1) is 23.1. The van der Waals surface area contributed by atoms with Crippen molar-refractivity contribution in [3.8, 4) is 0 Å². The third kappa shape index (κ3) is 9.37. The van der Waals surface area contributed by atoms with E-state index in [1.807, 2.05) is 0 Å². The van der Waals surface area contributed by atoms with Crippen LogP contribution in [0.5, 0.6) is 0 Å². The summed E-state index contributed by atoms with van der Waals surface area (Å²) in [6, 6.07) is 8.95. The van der Waals surface area contributed by atoms with Gasteiger partial charge in [-0.15, -0.1) is 0 Å². The van der Waals surface area contributed by atoms with Crippen LogP contribution in [0, 0.1) is 5.92 Å². The topological polar surface area (TPSA) is 31.0 Å². The second kappa shape index (κ2) is 13.2. The summed E-state index contributed by atoms with van der Waals surface area (Å²) in [5.41, 5.74) is 2.73. The molecule has 0 bridgehead atoms. The van der Waals surface area contributed by atoms with E-state index in [1.165, 1.54) is 30.6 Å². The molecule has 2 saturated heterocycles. The number of anilines is 1. The van der Waals surface area contributed by atoms with Gasteiger partial charge in [0.05, 0.1) is 13.2 Å². The first-order valence-electron chi connectivity index (χ1n) is 11.0. The second-order valence-electron chi connectivity index (χ2n) is 8.63. The Balaban J connectivity index is 0.000000209. The average molecular weight is 391 g/mol. The molecule has 2 aliphatic heterocycles. The number of benzene rings is 1. The Labute approximate surface area is 173 Å². The van der Waals surface area contributed by atoms with Gasteiger partial charge in [-0.05, 0) is 57.1 Å². The summed E-state index contributed by atoms with van der Waals surface area (Å²) in [4.78, 5) is 7.14. The number of hydrogen-bond donors (Lipinski definition) is 1. The monoisotopic (exact) mass is 390 g/mol. The average Bonchev–Trinajstić information content (AvgIpc) is 2.70. The Morgan fingerprint density at radius 3 is 2.21 bits per heavy atom. The molecule has 0 amide bonds. The van der Waals surface area contributed by atoms with Gasteiger partial charge >= 0.3 is 0 Å². The third-order valence-electron chi connectivity index (χ3n) is 5.28. The Morgan fingerprint density at radius 2 is 1.64 bits per heavy atom. The molecule has 0 unspecified atom stereocenters. The van der Waals surface area contributed by atoms with Crippen LogP contribution in [0.2, 0.25) is 0 Å². The van der Waals surface area contributed by atoms with Gasteiger partial charge < -0.3 is 19.9 Å². The minimum atomic E-state index is 0.853. The molecule has 0 atom stereocenters. The Kier molecular flexibility index (Phi) is 10.9. The lowest BCUT2D eigenvalue weighted by Gasteiger charge is -2.29. The maximum absolute atomic E-state index is 5.29. The fourth-order valence-electron chi connectivity index (χ4n) is 3.65. The smallest absolute Gasteiger partial charge is 0.0594 e. The Bertz CT molecular complexity index is 506. The number of ether oxygens (including phenoxy) is 1. The molecule has 2 fully saturated rings. The Hall–Kier alpha value is -1.14. The van der Waals surface area contributed by atoms with E-state index in [4.69, 9.17) is 4.74 Å². The molecule has 0 aliphatic carbocycles. The minimum Gasteiger partial charge on any atom is -0.379 e. The van der Waals surface area contributed by atoms with Crippen molar-refractivity contribution in [1.82, 2.24) is 15.1 Å². The molecular formula is C23H42N4O. The maximum Gasteiger partial charge on any atom is 0.0594 e. The number of morpholine rings is 1. The molecule has 160 valence electrons. The van der Waals surface area contributed by atoms with Crippen LogP contribution in [0.25, 0.3) is 0 Å². The summed E-state index contributed by atoms with van der Waals surface area (Å²) in [5, 5.41) is 3.37. The van der Waals surface area contributed by atoms with Gasteiger partial charge in [0.25, 0.3) is 0 Å². The largest absolute Gasteiger partial charge is 0.379 e. The first-order chi connectivity index (χ1) is 13.5. The van der Waals surface area contributed by atoms with E-state index in [0.29, 0.717) is 0 Å². The fourth-order valence-corrected chi connectivity index (χ4v) is 3.65. The maximum atomic E-state index is 5.29. The number of hydrogen-bond acceptors (Lipinski definition) is 5. The van der Waals surface area contributed by atoms with Gasteiger partial charge in [-0.25, -0.2) is 0 Å². The van der Waals surface area contributed by atoms with Crippen molar-refractivity contribution in [3.63, 3.8) is 0 Å². The molecule has 1 aromatic rings. The zero-order valence-electron chi connectivity index (χ0n) is 18.6. The zero-order chi connectivity index (χ0) is 20.2. The SMILES string of the molecule is CC(C)CCCN1CCOCC1.CN(C)Cc1ccc(N2CCNCC2)cc1. The van der Waals surface area contributed by atoms with Crippen LogP contribution in [0.3, 0.4) is 0 Å². The molecule has 5 nitrogen and oxygen atoms in total. The molecule has 0 aromatic heterocycles. The highest BCUT2D eigenvalue weighted by Crippen LogP contribution is 2.16. The first-order valence-corrected chi connectivity index (χ1v) is 11.0. The Morgan fingerprint density at radius 1 is 1.00 bits per heavy atom. The van der Waals surface area contributed by atoms with Crippen LogP contribution in [0.1, 0.15) is 32.3 Å². The van der Waals surface area contributed by atoms with Gasteiger partial charge in [0.15, 0.2) is 0 Å². The van der Waals surface area contributed by atoms with Crippen molar-refractivity contribution >= 4 is 5.69 Å². The molecule has 5 heteroatoms. The summed E-state index contributed by atoms with van der Waals surface area (Å²) in [6.07, 6.45) is 2.70. The highest BCUT2D eigenvalue weighted by molar-refractivity contribution is 5.48. The predicted molar refractivity (Wildman–Crippen MR) is 120 cm³/mol. The van der Waals surface area contributed by atoms with Gasteiger partial charge in [0, 0.05) is 51.5 Å². The summed E-state index contributed by atoms with van der Waals surface area (Å²) >= 11 is 0. The van der Waals surface area contributed by atoms with Crippen LogP contribution >= 0.6 is 0 Å². The summed E-state index contributed by atoms with van der Waals surface area (Å²) in [6.45, 7) is 15.4. The lowest BCUT2D eigenvalue weighted by Crippen LogP contribution is -2.43. The highest BCUT2D eigenvalue weighted by atomic mass is 16.5. The van der Waals surface area contributed by atoms with Crippen molar-refractivity contribution in [2.24, 2.45) is 5.92 Å². The molecule has 1 aromatic carbocycles. The molecule has 28 heavy (non-hydrogen) atoms. The van der Waals surface area contributed by atoms with E-state index in [2.05, 4.69) is 72.2 Å². The summed E-state index contributed by atoms with van der Waals surface area (Å²) < 4.78 is 5.29. The van der Waals surface area contributed by atoms with Crippen molar-refractivity contribution < 1.29 is 4.74 Å². The van der Waals surface area contributed by atoms with Gasteiger partial charge in [-0.2, -0.15) is 0 Å². The molecule has 0 radical (unpaired) electrons. The van der Waals surface area contributed by atoms with Crippen LogP contribution in [0.4, 0.5) is 5.69 Å². The van der Waals surface area contributed by atoms with E-state index in [-0.39, 0.29) is 0 Å². The molecular weight excluding hydrogens is 348 g/mol. The van der Waals surface area contributed by atoms with Crippen LogP contribution < -0.4 is 10.2 Å². The van der Waals surface area contributed by atoms with Crippen LogP contribution in [-0.2, 0) is 11.3 Å². The van der Waals surface area contributed by atoms with Crippen molar-refractivity contribution in [2.75, 3.05) is 78.0 Å². The van der Waals surface area contributed by atoms with Gasteiger partial charge in [0.2, 0.25) is 0 Å². The standard InChI is InChI=1S/C13H21N3.C10H21NO/c1-15(2)11-12-3-5-13(6-4-12)16-9-7-14-8-10-16;1-10(2)4-3-5-11-6-8-12-9-7-11/h3-6,14H,7-11H2,1-2H3;10H,3-9H2,1-2H3. The van der Waals surface area contributed by atoms with Gasteiger partial charge in [-0.1, -0.05) is 26.0 Å². The molecule has 1 N–H and O–H groups in total. The van der Waals surface area contributed by atoms with E-state index in [9.17, 15) is 0 Å². The van der Waals surface area contributed by atoms with E-state index in [1.54, 1.807) is 0 Å². The van der Waals surface area contributed by atoms with Gasteiger partial charge in [-0.3, -0.25) is 4.90 Å². The molecule has 2 heterocycles. The molecule has 3 rings (SSSR count). The number of rotatable bonds is 7. The predicted octanol–water partition coefficient (Wildman–Crippen LogP) is 2.91. The van der Waals surface area contributed by atoms with Crippen molar-refractivity contribution in [3.05, 3.63) is 29.8 Å². The fraction of sp³-hybridized carbons (Fsp3) is 0.739. The summed E-state index contributed by atoms with van der Waals surface area (Å²) in [5.74, 6) is 0.853. The minimum absolute atomic E-state index is 0.853. The number of piperazine rings is 1. The van der Waals surface area contributed by atoms with Crippen LogP contribution in [0.15, 0.2) is 24.3 Å². The zero-order valence-corrected chi connectivity index (χ0v) is 18.6. The summed E-state index contributed by atoms with van der Waals surface area (Å²) in [7, 11) is 4.20. The third-order valence-corrected chi connectivity index (χ3v) is 5.28. The molecule has 0 saturated carbocycles. The second-order valence-corrected chi connectivity index (χ2v) is 8.63. The van der Waals surface area contributed by atoms with E-state index < -0.39 is 0 Å². The molecule has 0 spiro atoms. The van der Waals surface area contributed by atoms with Crippen molar-refractivity contribution in [1.29, 1.82) is 0 Å². The quantitative estimate of drug-likeness (QED) is 0.774. The normalized spacial score (nSPS) is 18.3. The lowest BCUT2D eigenvalue weighted by atomic mass is 10.1. The van der Waals surface area contributed by atoms with Crippen molar-refractivity contribution in [2.45, 2.75) is 33.2 Å². The number of nitrogens with one attached hydrogen (secondary N) is 1. The van der Waals surface area contributed by atoms with E-state index in [0.717, 1.165) is 64.9 Å². The number of nitrogens with zero attached hydrogens (tertiary/aromatic N) is 3. The van der Waals surface area contributed by atoms with Gasteiger partial charge in [0.1, 0.15) is 0 Å². The van der Waals surface area contributed by atoms with Crippen LogP contribution in [-0.4, -0.2) is 82.9 Å². The highest BCUT2D eigenvalue weighted by Gasteiger charge is 2.10.